The Morgan fingerprint density at radius 1 is 1.09 bits per heavy atom. The quantitative estimate of drug-likeness (QED) is 0.554. The van der Waals surface area contributed by atoms with Gasteiger partial charge < -0.3 is 24.6 Å². The Morgan fingerprint density at radius 3 is 2.29 bits per heavy atom. The summed E-state index contributed by atoms with van der Waals surface area (Å²) in [6.07, 6.45) is -0.439. The van der Waals surface area contributed by atoms with Crippen LogP contribution in [0.4, 0.5) is 20.6 Å². The van der Waals surface area contributed by atoms with Gasteiger partial charge in [0.15, 0.2) is 0 Å². The Labute approximate surface area is 210 Å². The normalized spacial score (nSPS) is 10.5. The van der Waals surface area contributed by atoms with Crippen LogP contribution in [-0.4, -0.2) is 64.1 Å². The summed E-state index contributed by atoms with van der Waals surface area (Å²) in [5.41, 5.74) is 0.865. The summed E-state index contributed by atoms with van der Waals surface area (Å²) in [6, 6.07) is 9.16. The SMILES string of the molecule is CC.[B]c1ccc(NC(=O)c2ccc(N(CC)CCN(C)C(=O)OC(C)(C)C)c(F)c2)cc1OC. The van der Waals surface area contributed by atoms with E-state index in [-0.39, 0.29) is 5.56 Å². The van der Waals surface area contributed by atoms with Crippen LogP contribution in [0.2, 0.25) is 0 Å². The smallest absolute Gasteiger partial charge is 0.410 e. The predicted octanol–water partition coefficient (Wildman–Crippen LogP) is 4.60. The van der Waals surface area contributed by atoms with Crippen LogP contribution in [0.1, 0.15) is 51.9 Å². The molecular weight excluding hydrogens is 448 g/mol. The van der Waals surface area contributed by atoms with Crippen molar-refractivity contribution in [3.8, 4) is 5.75 Å². The molecule has 0 spiro atoms. The third-order valence-electron chi connectivity index (χ3n) is 4.83. The van der Waals surface area contributed by atoms with Crippen molar-refractivity contribution in [3.63, 3.8) is 0 Å². The number of methoxy groups -OCH3 is 1. The van der Waals surface area contributed by atoms with Gasteiger partial charge in [0.1, 0.15) is 25.0 Å². The highest BCUT2D eigenvalue weighted by atomic mass is 19.1. The highest BCUT2D eigenvalue weighted by molar-refractivity contribution is 6.34. The summed E-state index contributed by atoms with van der Waals surface area (Å²) in [5, 5.41) is 2.71. The lowest BCUT2D eigenvalue weighted by atomic mass is 9.95. The monoisotopic (exact) mass is 485 g/mol. The van der Waals surface area contributed by atoms with Gasteiger partial charge in [-0.15, -0.1) is 0 Å². The second-order valence-electron chi connectivity index (χ2n) is 8.56. The molecule has 0 fully saturated rings. The molecule has 0 aliphatic rings. The average Bonchev–Trinajstić information content (AvgIpc) is 2.81. The maximum Gasteiger partial charge on any atom is 0.410 e. The van der Waals surface area contributed by atoms with Crippen LogP contribution in [0, 0.1) is 5.82 Å². The fourth-order valence-corrected chi connectivity index (χ4v) is 3.05. The molecule has 2 aromatic rings. The van der Waals surface area contributed by atoms with Crippen LogP contribution in [-0.2, 0) is 4.74 Å². The Morgan fingerprint density at radius 2 is 1.74 bits per heavy atom. The number of carbonyl (C=O) groups is 2. The zero-order valence-corrected chi connectivity index (χ0v) is 22.1. The van der Waals surface area contributed by atoms with E-state index in [9.17, 15) is 14.0 Å². The molecule has 0 aliphatic heterocycles. The molecule has 0 saturated carbocycles. The highest BCUT2D eigenvalue weighted by Gasteiger charge is 2.21. The first-order valence-corrected chi connectivity index (χ1v) is 11.7. The Bertz CT molecular complexity index is 995. The number of likely N-dealkylation sites (N-methyl/N-ethyl adjacent to an activating group) is 2. The molecular formula is C26H37BFN3O4. The molecule has 1 N–H and O–H groups in total. The molecule has 0 unspecified atom stereocenters. The van der Waals surface area contributed by atoms with Crippen LogP contribution >= 0.6 is 0 Å². The van der Waals surface area contributed by atoms with E-state index in [1.165, 1.54) is 18.1 Å². The Kier molecular flexibility index (Phi) is 11.6. The molecule has 2 radical (unpaired) electrons. The summed E-state index contributed by atoms with van der Waals surface area (Å²) >= 11 is 0. The van der Waals surface area contributed by atoms with Gasteiger partial charge in [0.25, 0.3) is 5.91 Å². The number of halogens is 1. The van der Waals surface area contributed by atoms with Crippen LogP contribution in [0.15, 0.2) is 36.4 Å². The Hall–Kier alpha value is -3.23. The highest BCUT2D eigenvalue weighted by Crippen LogP contribution is 2.22. The largest absolute Gasteiger partial charge is 0.497 e. The van der Waals surface area contributed by atoms with Crippen molar-refractivity contribution in [1.82, 2.24) is 4.90 Å². The van der Waals surface area contributed by atoms with Gasteiger partial charge in [-0.3, -0.25) is 4.79 Å². The molecule has 0 heterocycles. The number of hydrogen-bond donors (Lipinski definition) is 1. The van der Waals surface area contributed by atoms with Gasteiger partial charge >= 0.3 is 6.09 Å². The van der Waals surface area contributed by atoms with E-state index in [1.807, 2.05) is 20.8 Å². The van der Waals surface area contributed by atoms with Gasteiger partial charge in [-0.1, -0.05) is 25.4 Å². The molecule has 2 rings (SSSR count). The first-order chi connectivity index (χ1) is 16.4. The number of hydrogen-bond acceptors (Lipinski definition) is 5. The lowest BCUT2D eigenvalue weighted by Gasteiger charge is -2.28. The topological polar surface area (TPSA) is 71.1 Å². The summed E-state index contributed by atoms with van der Waals surface area (Å²) in [4.78, 5) is 28.0. The van der Waals surface area contributed by atoms with Crippen LogP contribution in [0.3, 0.4) is 0 Å². The van der Waals surface area contributed by atoms with Crippen molar-refractivity contribution in [2.45, 2.75) is 47.1 Å². The number of carbonyl (C=O) groups excluding carboxylic acids is 2. The summed E-state index contributed by atoms with van der Waals surface area (Å²) in [7, 11) is 8.91. The standard InChI is InChI=1S/C24H31BFN3O4.C2H6/c1-7-29(13-12-28(5)23(31)33-24(2,3)4)20-11-8-16(14-19(20)26)22(30)27-17-9-10-18(25)21(15-17)32-6;1-2/h8-11,14-15H,7,12-13H2,1-6H3,(H,27,30);1-2H3. The first-order valence-electron chi connectivity index (χ1n) is 11.7. The maximum absolute atomic E-state index is 14.9. The van der Waals surface area contributed by atoms with Crippen molar-refractivity contribution in [2.75, 3.05) is 44.0 Å². The van der Waals surface area contributed by atoms with E-state index in [0.29, 0.717) is 42.2 Å². The molecule has 2 amide bonds. The average molecular weight is 485 g/mol. The second kappa shape index (κ2) is 13.6. The number of nitrogens with zero attached hydrogens (tertiary/aromatic N) is 2. The second-order valence-corrected chi connectivity index (χ2v) is 8.56. The van der Waals surface area contributed by atoms with E-state index in [4.69, 9.17) is 17.3 Å². The van der Waals surface area contributed by atoms with Crippen LogP contribution in [0.25, 0.3) is 0 Å². The summed E-state index contributed by atoms with van der Waals surface area (Å²) in [5.74, 6) is -0.552. The minimum atomic E-state index is -0.588. The molecule has 35 heavy (non-hydrogen) atoms. The first kappa shape index (κ1) is 29.8. The number of benzene rings is 2. The van der Waals surface area contributed by atoms with Crippen molar-refractivity contribution >= 4 is 36.7 Å². The van der Waals surface area contributed by atoms with Crippen molar-refractivity contribution < 1.29 is 23.5 Å². The fourth-order valence-electron chi connectivity index (χ4n) is 3.05. The summed E-state index contributed by atoms with van der Waals surface area (Å²) < 4.78 is 25.4. The molecule has 0 bridgehead atoms. The predicted molar refractivity (Wildman–Crippen MR) is 141 cm³/mol. The van der Waals surface area contributed by atoms with E-state index < -0.39 is 23.4 Å². The fraction of sp³-hybridized carbons (Fsp3) is 0.462. The number of nitrogens with one attached hydrogen (secondary N) is 1. The third kappa shape index (κ3) is 9.15. The molecule has 190 valence electrons. The molecule has 0 aromatic heterocycles. The van der Waals surface area contributed by atoms with Gasteiger partial charge in [0.2, 0.25) is 0 Å². The third-order valence-corrected chi connectivity index (χ3v) is 4.83. The van der Waals surface area contributed by atoms with Gasteiger partial charge in [-0.25, -0.2) is 9.18 Å². The minimum absolute atomic E-state index is 0.175. The lowest BCUT2D eigenvalue weighted by molar-refractivity contribution is 0.0303. The van der Waals surface area contributed by atoms with Crippen molar-refractivity contribution in [1.29, 1.82) is 0 Å². The summed E-state index contributed by atoms with van der Waals surface area (Å²) in [6.45, 7) is 12.6. The van der Waals surface area contributed by atoms with Crippen LogP contribution in [0.5, 0.6) is 5.75 Å². The molecule has 9 heteroatoms. The molecule has 0 saturated heterocycles. The number of anilines is 2. The lowest BCUT2D eigenvalue weighted by Crippen LogP contribution is -2.39. The van der Waals surface area contributed by atoms with E-state index in [0.717, 1.165) is 0 Å². The number of ether oxygens (including phenoxy) is 2. The van der Waals surface area contributed by atoms with Crippen molar-refractivity contribution in [3.05, 3.63) is 47.8 Å². The van der Waals surface area contributed by atoms with E-state index in [2.05, 4.69) is 5.32 Å². The molecule has 0 atom stereocenters. The molecule has 0 aliphatic carbocycles. The Balaban J connectivity index is 0.00000298. The van der Waals surface area contributed by atoms with E-state index in [1.54, 1.807) is 63.1 Å². The number of amides is 2. The van der Waals surface area contributed by atoms with Gasteiger partial charge in [0.05, 0.1) is 12.8 Å². The van der Waals surface area contributed by atoms with Crippen molar-refractivity contribution in [2.24, 2.45) is 0 Å². The minimum Gasteiger partial charge on any atom is -0.497 e. The zero-order chi connectivity index (χ0) is 26.8. The zero-order valence-electron chi connectivity index (χ0n) is 22.1. The molecule has 2 aromatic carbocycles. The number of rotatable bonds is 8. The van der Waals surface area contributed by atoms with Gasteiger partial charge in [-0.05, 0) is 52.0 Å². The van der Waals surface area contributed by atoms with Crippen LogP contribution < -0.4 is 20.4 Å². The van der Waals surface area contributed by atoms with Gasteiger partial charge in [-0.2, -0.15) is 0 Å². The molecule has 7 nitrogen and oxygen atoms in total. The van der Waals surface area contributed by atoms with E-state index >= 15 is 0 Å². The maximum atomic E-state index is 14.9. The van der Waals surface area contributed by atoms with Gasteiger partial charge in [0, 0.05) is 44.0 Å².